The van der Waals surface area contributed by atoms with Gasteiger partial charge >= 0.3 is 0 Å². The van der Waals surface area contributed by atoms with Crippen molar-refractivity contribution in [1.29, 1.82) is 0 Å². The monoisotopic (exact) mass is 429 g/mol. The van der Waals surface area contributed by atoms with Gasteiger partial charge in [-0.15, -0.1) is 0 Å². The molecule has 2 aliphatic heterocycles. The molecule has 0 saturated carbocycles. The SMILES string of the molecule is CCNC(=NCCCN1CCN(c2cccc(C)c2)CC1)N(C)CCC1CCOCC1. The normalized spacial score (nSPS) is 18.9. The van der Waals surface area contributed by atoms with Crippen LogP contribution in [0.1, 0.15) is 38.2 Å². The maximum Gasteiger partial charge on any atom is 0.193 e. The highest BCUT2D eigenvalue weighted by molar-refractivity contribution is 5.79. The summed E-state index contributed by atoms with van der Waals surface area (Å²) < 4.78 is 5.48. The van der Waals surface area contributed by atoms with E-state index in [1.807, 2.05) is 0 Å². The third-order valence-corrected chi connectivity index (χ3v) is 6.54. The van der Waals surface area contributed by atoms with E-state index >= 15 is 0 Å². The lowest BCUT2D eigenvalue weighted by molar-refractivity contribution is 0.0625. The molecule has 2 saturated heterocycles. The van der Waals surface area contributed by atoms with Crippen molar-refractivity contribution in [2.45, 2.75) is 39.5 Å². The molecular formula is C25H43N5O. The highest BCUT2D eigenvalue weighted by Gasteiger charge is 2.17. The van der Waals surface area contributed by atoms with Gasteiger partial charge in [0.2, 0.25) is 0 Å². The molecule has 2 aliphatic rings. The molecule has 6 heteroatoms. The molecule has 1 N–H and O–H groups in total. The highest BCUT2D eigenvalue weighted by atomic mass is 16.5. The van der Waals surface area contributed by atoms with Crippen LogP contribution >= 0.6 is 0 Å². The largest absolute Gasteiger partial charge is 0.381 e. The fraction of sp³-hybridized carbons (Fsp3) is 0.720. The van der Waals surface area contributed by atoms with Crippen LogP contribution in [0.5, 0.6) is 0 Å². The Bertz CT molecular complexity index is 666. The van der Waals surface area contributed by atoms with Gasteiger partial charge < -0.3 is 19.9 Å². The average Bonchev–Trinajstić information content (AvgIpc) is 2.80. The second-order valence-corrected chi connectivity index (χ2v) is 9.02. The van der Waals surface area contributed by atoms with Crippen LogP contribution in [-0.4, -0.2) is 88.4 Å². The number of hydrogen-bond acceptors (Lipinski definition) is 4. The van der Waals surface area contributed by atoms with Crippen molar-refractivity contribution in [3.05, 3.63) is 29.8 Å². The van der Waals surface area contributed by atoms with E-state index in [4.69, 9.17) is 9.73 Å². The Labute approximate surface area is 189 Å². The van der Waals surface area contributed by atoms with Gasteiger partial charge in [0.05, 0.1) is 0 Å². The summed E-state index contributed by atoms with van der Waals surface area (Å²) in [4.78, 5) is 12.3. The van der Waals surface area contributed by atoms with E-state index in [0.717, 1.165) is 83.9 Å². The van der Waals surface area contributed by atoms with Crippen LogP contribution in [0, 0.1) is 12.8 Å². The molecule has 1 aromatic carbocycles. The summed E-state index contributed by atoms with van der Waals surface area (Å²) in [5, 5.41) is 3.47. The number of aliphatic imine (C=N–C) groups is 1. The lowest BCUT2D eigenvalue weighted by Gasteiger charge is -2.36. The second kappa shape index (κ2) is 12.9. The Balaban J connectivity index is 1.36. The van der Waals surface area contributed by atoms with Gasteiger partial charge in [-0.3, -0.25) is 9.89 Å². The number of nitrogens with one attached hydrogen (secondary N) is 1. The Morgan fingerprint density at radius 3 is 2.68 bits per heavy atom. The molecule has 31 heavy (non-hydrogen) atoms. The first-order valence-corrected chi connectivity index (χ1v) is 12.3. The van der Waals surface area contributed by atoms with Gasteiger partial charge in [-0.2, -0.15) is 0 Å². The quantitative estimate of drug-likeness (QED) is 0.371. The third-order valence-electron chi connectivity index (χ3n) is 6.54. The zero-order valence-corrected chi connectivity index (χ0v) is 20.0. The lowest BCUT2D eigenvalue weighted by Crippen LogP contribution is -2.46. The molecule has 6 nitrogen and oxygen atoms in total. The molecule has 0 spiro atoms. The van der Waals surface area contributed by atoms with Crippen LogP contribution in [0.4, 0.5) is 5.69 Å². The molecule has 0 aliphatic carbocycles. The minimum absolute atomic E-state index is 0.803. The fourth-order valence-corrected chi connectivity index (χ4v) is 4.52. The number of hydrogen-bond donors (Lipinski definition) is 1. The van der Waals surface area contributed by atoms with Gasteiger partial charge in [0, 0.05) is 78.3 Å². The predicted molar refractivity (Wildman–Crippen MR) is 131 cm³/mol. The predicted octanol–water partition coefficient (Wildman–Crippen LogP) is 3.22. The summed E-state index contributed by atoms with van der Waals surface area (Å²) in [6, 6.07) is 8.87. The smallest absolute Gasteiger partial charge is 0.193 e. The van der Waals surface area contributed by atoms with Crippen LogP contribution < -0.4 is 10.2 Å². The molecule has 174 valence electrons. The average molecular weight is 430 g/mol. The van der Waals surface area contributed by atoms with E-state index in [2.05, 4.69) is 65.2 Å². The summed E-state index contributed by atoms with van der Waals surface area (Å²) in [5.74, 6) is 1.86. The third kappa shape index (κ3) is 8.00. The number of benzene rings is 1. The first-order valence-electron chi connectivity index (χ1n) is 12.3. The summed E-state index contributed by atoms with van der Waals surface area (Å²) in [6.07, 6.45) is 4.76. The molecule has 2 fully saturated rings. The number of rotatable bonds is 9. The van der Waals surface area contributed by atoms with Crippen molar-refractivity contribution < 1.29 is 4.74 Å². The molecule has 0 unspecified atom stereocenters. The van der Waals surface area contributed by atoms with Crippen LogP contribution in [0.3, 0.4) is 0 Å². The van der Waals surface area contributed by atoms with E-state index < -0.39 is 0 Å². The summed E-state index contributed by atoms with van der Waals surface area (Å²) in [5.41, 5.74) is 2.70. The summed E-state index contributed by atoms with van der Waals surface area (Å²) in [6.45, 7) is 14.7. The van der Waals surface area contributed by atoms with Crippen molar-refractivity contribution in [2.75, 3.05) is 77.5 Å². The van der Waals surface area contributed by atoms with Gasteiger partial charge in [-0.25, -0.2) is 0 Å². The van der Waals surface area contributed by atoms with E-state index in [1.165, 1.54) is 30.5 Å². The Hall–Kier alpha value is -1.79. The van der Waals surface area contributed by atoms with Gasteiger partial charge in [0.1, 0.15) is 0 Å². The number of nitrogens with zero attached hydrogens (tertiary/aromatic N) is 4. The van der Waals surface area contributed by atoms with E-state index in [0.29, 0.717) is 0 Å². The van der Waals surface area contributed by atoms with E-state index in [-0.39, 0.29) is 0 Å². The zero-order chi connectivity index (χ0) is 21.9. The molecule has 0 atom stereocenters. The van der Waals surface area contributed by atoms with Crippen LogP contribution in [0.25, 0.3) is 0 Å². The molecule has 3 rings (SSSR count). The minimum atomic E-state index is 0.803. The lowest BCUT2D eigenvalue weighted by atomic mass is 9.96. The first-order chi connectivity index (χ1) is 15.2. The van der Waals surface area contributed by atoms with Crippen molar-refractivity contribution in [2.24, 2.45) is 10.9 Å². The minimum Gasteiger partial charge on any atom is -0.381 e. The van der Waals surface area contributed by atoms with Gasteiger partial charge in [0.25, 0.3) is 0 Å². The number of anilines is 1. The van der Waals surface area contributed by atoms with Crippen molar-refractivity contribution in [3.8, 4) is 0 Å². The van der Waals surface area contributed by atoms with Gasteiger partial charge in [-0.05, 0) is 63.1 Å². The van der Waals surface area contributed by atoms with Gasteiger partial charge in [0.15, 0.2) is 5.96 Å². The maximum atomic E-state index is 5.48. The molecule has 0 radical (unpaired) electrons. The van der Waals surface area contributed by atoms with Crippen LogP contribution in [-0.2, 0) is 4.74 Å². The van der Waals surface area contributed by atoms with Crippen molar-refractivity contribution in [3.63, 3.8) is 0 Å². The second-order valence-electron chi connectivity index (χ2n) is 9.02. The number of guanidine groups is 1. The van der Waals surface area contributed by atoms with E-state index in [1.54, 1.807) is 0 Å². The van der Waals surface area contributed by atoms with Gasteiger partial charge in [-0.1, -0.05) is 12.1 Å². The van der Waals surface area contributed by atoms with Crippen molar-refractivity contribution >= 4 is 11.6 Å². The topological polar surface area (TPSA) is 43.3 Å². The standard InChI is InChI=1S/C25H43N5O/c1-4-26-25(28(3)14-9-23-10-19-31-20-11-23)27-12-6-13-29-15-17-30(18-16-29)24-8-5-7-22(2)21-24/h5,7-8,21,23H,4,6,9-20H2,1-3H3,(H,26,27). The number of ether oxygens (including phenoxy) is 1. The fourth-order valence-electron chi connectivity index (χ4n) is 4.52. The number of piperazine rings is 1. The van der Waals surface area contributed by atoms with Crippen molar-refractivity contribution in [1.82, 2.24) is 15.1 Å². The highest BCUT2D eigenvalue weighted by Crippen LogP contribution is 2.19. The molecular weight excluding hydrogens is 386 g/mol. The number of aryl methyl sites for hydroxylation is 1. The summed E-state index contributed by atoms with van der Waals surface area (Å²) >= 11 is 0. The zero-order valence-electron chi connectivity index (χ0n) is 20.0. The molecule has 1 aromatic rings. The van der Waals surface area contributed by atoms with Crippen LogP contribution in [0.2, 0.25) is 0 Å². The first kappa shape index (κ1) is 23.9. The summed E-state index contributed by atoms with van der Waals surface area (Å²) in [7, 11) is 2.17. The van der Waals surface area contributed by atoms with Crippen LogP contribution in [0.15, 0.2) is 29.3 Å². The Morgan fingerprint density at radius 1 is 1.19 bits per heavy atom. The molecule has 0 amide bonds. The molecule has 0 aromatic heterocycles. The molecule has 0 bridgehead atoms. The van der Waals surface area contributed by atoms with E-state index in [9.17, 15) is 0 Å². The Morgan fingerprint density at radius 2 is 1.97 bits per heavy atom. The molecule has 2 heterocycles. The maximum absolute atomic E-state index is 5.48. The Kier molecular flexibility index (Phi) is 9.94.